The van der Waals surface area contributed by atoms with E-state index in [9.17, 15) is 4.79 Å². The van der Waals surface area contributed by atoms with Crippen LogP contribution in [0.15, 0.2) is 12.3 Å². The van der Waals surface area contributed by atoms with E-state index in [1.807, 2.05) is 0 Å². The Morgan fingerprint density at radius 1 is 1.05 bits per heavy atom. The van der Waals surface area contributed by atoms with Crippen molar-refractivity contribution in [1.29, 1.82) is 0 Å². The largest absolute Gasteiger partial charge is 0.465 e. The van der Waals surface area contributed by atoms with Gasteiger partial charge in [0.25, 0.3) is 0 Å². The molecule has 116 valence electrons. The Morgan fingerprint density at radius 3 is 2.05 bits per heavy atom. The van der Waals surface area contributed by atoms with Crippen LogP contribution in [0.25, 0.3) is 11.1 Å². The molecule has 2 N–H and O–H groups in total. The first-order valence-corrected chi connectivity index (χ1v) is 7.54. The number of methoxy groups -OCH3 is 1. The molecule has 0 radical (unpaired) electrons. The zero-order valence-electron chi connectivity index (χ0n) is 10.9. The van der Waals surface area contributed by atoms with E-state index in [0.717, 1.165) is 0 Å². The summed E-state index contributed by atoms with van der Waals surface area (Å²) in [7, 11) is 1.23. The lowest BCUT2D eigenvalue weighted by molar-refractivity contribution is 0.0601. The summed E-state index contributed by atoms with van der Waals surface area (Å²) in [5.74, 6) is -0.513. The molecule has 1 heterocycles. The van der Waals surface area contributed by atoms with Gasteiger partial charge in [-0.05, 0) is 6.07 Å². The second-order valence-electron chi connectivity index (χ2n) is 4.09. The van der Waals surface area contributed by atoms with Gasteiger partial charge in [-0.25, -0.2) is 9.78 Å². The Bertz CT molecular complexity index is 751. The number of hydrogen-bond acceptors (Lipinski definition) is 4. The number of anilines is 1. The minimum atomic E-state index is -0.640. The van der Waals surface area contributed by atoms with Crippen molar-refractivity contribution < 1.29 is 9.53 Å². The minimum absolute atomic E-state index is 0.0142. The van der Waals surface area contributed by atoms with Gasteiger partial charge in [-0.3, -0.25) is 0 Å². The van der Waals surface area contributed by atoms with Crippen molar-refractivity contribution in [2.75, 3.05) is 12.8 Å². The lowest BCUT2D eigenvalue weighted by atomic mass is 10.0. The smallest absolute Gasteiger partial charge is 0.338 e. The van der Waals surface area contributed by atoms with E-state index < -0.39 is 5.97 Å². The van der Waals surface area contributed by atoms with E-state index in [1.165, 1.54) is 19.4 Å². The molecule has 0 saturated heterocycles. The SMILES string of the molecule is COC(=O)c1cc(N)ncc1-c1c(Cl)c(Cl)c(Cl)c(Cl)c1Cl. The van der Waals surface area contributed by atoms with Crippen LogP contribution in [0.4, 0.5) is 5.82 Å². The highest BCUT2D eigenvalue weighted by Gasteiger charge is 2.24. The Kier molecular flexibility index (Phi) is 5.30. The molecule has 9 heteroatoms. The first-order chi connectivity index (χ1) is 10.3. The van der Waals surface area contributed by atoms with Crippen molar-refractivity contribution in [2.24, 2.45) is 0 Å². The summed E-state index contributed by atoms with van der Waals surface area (Å²) in [4.78, 5) is 15.9. The van der Waals surface area contributed by atoms with E-state index in [4.69, 9.17) is 68.5 Å². The molecule has 0 amide bonds. The number of halogens is 5. The maximum absolute atomic E-state index is 11.9. The number of carbonyl (C=O) groups excluding carboxylic acids is 1. The number of pyridine rings is 1. The van der Waals surface area contributed by atoms with Gasteiger partial charge in [-0.2, -0.15) is 0 Å². The van der Waals surface area contributed by atoms with Gasteiger partial charge in [-0.1, -0.05) is 58.0 Å². The molecule has 0 atom stereocenters. The molecular formula is C13H7Cl5N2O2. The van der Waals surface area contributed by atoms with E-state index in [2.05, 4.69) is 4.98 Å². The number of rotatable bonds is 2. The van der Waals surface area contributed by atoms with Gasteiger partial charge in [0, 0.05) is 17.3 Å². The normalized spacial score (nSPS) is 10.6. The van der Waals surface area contributed by atoms with E-state index in [0.29, 0.717) is 0 Å². The Balaban J connectivity index is 2.86. The summed E-state index contributed by atoms with van der Waals surface area (Å²) in [5.41, 5.74) is 6.21. The fourth-order valence-electron chi connectivity index (χ4n) is 1.79. The summed E-state index contributed by atoms with van der Waals surface area (Å²) < 4.78 is 4.72. The third kappa shape index (κ3) is 2.94. The average Bonchev–Trinajstić information content (AvgIpc) is 2.51. The van der Waals surface area contributed by atoms with Gasteiger partial charge in [0.15, 0.2) is 0 Å². The predicted molar refractivity (Wildman–Crippen MR) is 90.5 cm³/mol. The first kappa shape index (κ1) is 17.4. The number of esters is 1. The van der Waals surface area contributed by atoms with Gasteiger partial charge in [0.2, 0.25) is 0 Å². The monoisotopic (exact) mass is 398 g/mol. The number of ether oxygens (including phenoxy) is 1. The molecule has 1 aromatic heterocycles. The molecule has 0 spiro atoms. The van der Waals surface area contributed by atoms with Crippen LogP contribution in [0.5, 0.6) is 0 Å². The van der Waals surface area contributed by atoms with Crippen LogP contribution >= 0.6 is 58.0 Å². The molecular weight excluding hydrogens is 393 g/mol. The topological polar surface area (TPSA) is 65.2 Å². The van der Waals surface area contributed by atoms with Crippen molar-refractivity contribution >= 4 is 69.8 Å². The number of hydrogen-bond donors (Lipinski definition) is 1. The predicted octanol–water partition coefficient (Wildman–Crippen LogP) is 5.38. The van der Waals surface area contributed by atoms with Crippen LogP contribution in [-0.2, 0) is 4.74 Å². The molecule has 2 aromatic rings. The minimum Gasteiger partial charge on any atom is -0.465 e. The van der Waals surface area contributed by atoms with Crippen LogP contribution in [0, 0.1) is 0 Å². The van der Waals surface area contributed by atoms with Crippen molar-refractivity contribution in [3.05, 3.63) is 42.9 Å². The molecule has 0 bridgehead atoms. The third-order valence-corrected chi connectivity index (χ3v) is 5.09. The maximum Gasteiger partial charge on any atom is 0.338 e. The summed E-state index contributed by atoms with van der Waals surface area (Å²) in [5, 5.41) is 0.126. The molecule has 0 aliphatic rings. The Morgan fingerprint density at radius 2 is 1.55 bits per heavy atom. The molecule has 2 rings (SSSR count). The van der Waals surface area contributed by atoms with Crippen LogP contribution < -0.4 is 5.73 Å². The Labute approximate surface area is 151 Å². The number of benzene rings is 1. The van der Waals surface area contributed by atoms with Crippen molar-refractivity contribution in [1.82, 2.24) is 4.98 Å². The van der Waals surface area contributed by atoms with E-state index in [1.54, 1.807) is 0 Å². The zero-order valence-corrected chi connectivity index (χ0v) is 14.7. The lowest BCUT2D eigenvalue weighted by Crippen LogP contribution is -2.06. The molecule has 1 aromatic carbocycles. The van der Waals surface area contributed by atoms with E-state index in [-0.39, 0.29) is 47.6 Å². The van der Waals surface area contributed by atoms with E-state index >= 15 is 0 Å². The zero-order chi connectivity index (χ0) is 16.6. The van der Waals surface area contributed by atoms with Gasteiger partial charge in [0.05, 0.1) is 37.8 Å². The summed E-state index contributed by atoms with van der Waals surface area (Å²) in [6, 6.07) is 1.34. The molecule has 0 aliphatic carbocycles. The number of nitrogens with two attached hydrogens (primary N) is 1. The van der Waals surface area contributed by atoms with Crippen molar-refractivity contribution in [3.8, 4) is 11.1 Å². The highest BCUT2D eigenvalue weighted by molar-refractivity contribution is 6.56. The fraction of sp³-hybridized carbons (Fsp3) is 0.0769. The van der Waals surface area contributed by atoms with Crippen LogP contribution in [0.3, 0.4) is 0 Å². The summed E-state index contributed by atoms with van der Waals surface area (Å²) in [6.45, 7) is 0. The average molecular weight is 400 g/mol. The van der Waals surface area contributed by atoms with Crippen LogP contribution in [-0.4, -0.2) is 18.1 Å². The van der Waals surface area contributed by atoms with Gasteiger partial charge < -0.3 is 10.5 Å². The second kappa shape index (κ2) is 6.69. The summed E-state index contributed by atoms with van der Waals surface area (Å²) >= 11 is 30.4. The molecule has 0 fully saturated rings. The van der Waals surface area contributed by atoms with Crippen LogP contribution in [0.2, 0.25) is 25.1 Å². The molecule has 4 nitrogen and oxygen atoms in total. The lowest BCUT2D eigenvalue weighted by Gasteiger charge is -2.15. The highest BCUT2D eigenvalue weighted by Crippen LogP contribution is 2.48. The fourth-order valence-corrected chi connectivity index (χ4v) is 3.13. The van der Waals surface area contributed by atoms with Gasteiger partial charge >= 0.3 is 5.97 Å². The molecule has 22 heavy (non-hydrogen) atoms. The molecule has 0 saturated carbocycles. The first-order valence-electron chi connectivity index (χ1n) is 5.65. The quantitative estimate of drug-likeness (QED) is 0.417. The maximum atomic E-state index is 11.9. The number of nitrogen functional groups attached to an aromatic ring is 1. The molecule has 0 aliphatic heterocycles. The number of nitrogens with zero attached hydrogens (tertiary/aromatic N) is 1. The number of aromatic nitrogens is 1. The van der Waals surface area contributed by atoms with Gasteiger partial charge in [0.1, 0.15) is 5.82 Å². The standard InChI is InChI=1S/C13H7Cl5N2O2/c1-22-13(21)4-2-6(19)20-3-5(4)7-8(14)10(16)12(18)11(17)9(7)15/h2-3H,1H3,(H2,19,20). The highest BCUT2D eigenvalue weighted by atomic mass is 35.5. The molecule has 0 unspecified atom stereocenters. The van der Waals surface area contributed by atoms with Crippen molar-refractivity contribution in [2.45, 2.75) is 0 Å². The summed E-state index contributed by atoms with van der Waals surface area (Å²) in [6.07, 6.45) is 1.33. The van der Waals surface area contributed by atoms with Crippen molar-refractivity contribution in [3.63, 3.8) is 0 Å². The number of carbonyl (C=O) groups is 1. The Hall–Kier alpha value is -0.910. The second-order valence-corrected chi connectivity index (χ2v) is 5.98. The van der Waals surface area contributed by atoms with Gasteiger partial charge in [-0.15, -0.1) is 0 Å². The van der Waals surface area contributed by atoms with Crippen LogP contribution in [0.1, 0.15) is 10.4 Å². The third-order valence-electron chi connectivity index (χ3n) is 2.81.